The number of hydrogen-bond donors (Lipinski definition) is 4. The van der Waals surface area contributed by atoms with Crippen LogP contribution in [0.15, 0.2) is 109 Å². The van der Waals surface area contributed by atoms with Gasteiger partial charge >= 0.3 is 12.0 Å². The molecule has 0 spiro atoms. The summed E-state index contributed by atoms with van der Waals surface area (Å²) in [6, 6.07) is 30.3. The largest absolute Gasteiger partial charge is 0.480 e. The Morgan fingerprint density at radius 3 is 2.14 bits per heavy atom. The van der Waals surface area contributed by atoms with Gasteiger partial charge in [0.2, 0.25) is 5.91 Å². The van der Waals surface area contributed by atoms with E-state index in [1.165, 1.54) is 4.90 Å². The highest BCUT2D eigenvalue weighted by Gasteiger charge is 2.36. The number of rotatable bonds is 9. The smallest absolute Gasteiger partial charge is 0.326 e. The standard InChI is InChI=1S/C34H32N4O5/c39-31(25-12-5-2-6-13-25)35-26-19-17-23(18-20-26)22-29(33(41)42)36-32(40)30-16-9-21-38(30)34(43)37-28-15-8-7-14-27(28)24-10-3-1-4-11-24/h1-8,10-15,17-20,29-30H,9,16,21-22H2,(H,35,39)(H,36,40)(H,37,43)(H,41,42)/t29-,30-/m0/s1. The van der Waals surface area contributed by atoms with Crippen LogP contribution in [0.5, 0.6) is 0 Å². The number of nitrogens with zero attached hydrogens (tertiary/aromatic N) is 1. The van der Waals surface area contributed by atoms with Gasteiger partial charge in [0.1, 0.15) is 12.1 Å². The highest BCUT2D eigenvalue weighted by molar-refractivity contribution is 6.04. The Morgan fingerprint density at radius 1 is 0.791 bits per heavy atom. The Morgan fingerprint density at radius 2 is 1.44 bits per heavy atom. The van der Waals surface area contributed by atoms with Crippen LogP contribution in [0, 0.1) is 0 Å². The molecule has 2 atom stereocenters. The zero-order chi connectivity index (χ0) is 30.2. The molecule has 5 rings (SSSR count). The minimum absolute atomic E-state index is 0.0390. The third-order valence-electron chi connectivity index (χ3n) is 7.37. The summed E-state index contributed by atoms with van der Waals surface area (Å²) < 4.78 is 0. The van der Waals surface area contributed by atoms with Crippen molar-refractivity contribution in [1.82, 2.24) is 10.2 Å². The molecular weight excluding hydrogens is 544 g/mol. The molecule has 218 valence electrons. The van der Waals surface area contributed by atoms with E-state index in [1.54, 1.807) is 48.5 Å². The van der Waals surface area contributed by atoms with Crippen LogP contribution in [0.3, 0.4) is 0 Å². The van der Waals surface area contributed by atoms with Crippen LogP contribution in [-0.2, 0) is 16.0 Å². The molecule has 0 bridgehead atoms. The first-order valence-electron chi connectivity index (χ1n) is 14.1. The zero-order valence-corrected chi connectivity index (χ0v) is 23.4. The Hall–Kier alpha value is -5.44. The number of hydrogen-bond acceptors (Lipinski definition) is 4. The second-order valence-electron chi connectivity index (χ2n) is 10.3. The van der Waals surface area contributed by atoms with E-state index in [4.69, 9.17) is 0 Å². The molecule has 1 heterocycles. The molecule has 0 aromatic heterocycles. The average molecular weight is 577 g/mol. The third-order valence-corrected chi connectivity index (χ3v) is 7.37. The lowest BCUT2D eigenvalue weighted by Gasteiger charge is -2.26. The minimum atomic E-state index is -1.19. The van der Waals surface area contributed by atoms with E-state index in [-0.39, 0.29) is 12.3 Å². The quantitative estimate of drug-likeness (QED) is 0.212. The fourth-order valence-corrected chi connectivity index (χ4v) is 5.15. The molecule has 4 N–H and O–H groups in total. The van der Waals surface area contributed by atoms with E-state index >= 15 is 0 Å². The Bertz CT molecular complexity index is 1590. The Kier molecular flexibility index (Phi) is 9.11. The van der Waals surface area contributed by atoms with E-state index in [1.807, 2.05) is 60.7 Å². The lowest BCUT2D eigenvalue weighted by molar-refractivity contribution is -0.142. The summed E-state index contributed by atoms with van der Waals surface area (Å²) in [6.07, 6.45) is 1.10. The van der Waals surface area contributed by atoms with Gasteiger partial charge < -0.3 is 26.0 Å². The molecule has 43 heavy (non-hydrogen) atoms. The fourth-order valence-electron chi connectivity index (χ4n) is 5.15. The van der Waals surface area contributed by atoms with Gasteiger partial charge in [0.15, 0.2) is 0 Å². The van der Waals surface area contributed by atoms with Crippen molar-refractivity contribution in [1.29, 1.82) is 0 Å². The van der Waals surface area contributed by atoms with E-state index < -0.39 is 30.0 Å². The van der Waals surface area contributed by atoms with Crippen molar-refractivity contribution in [2.24, 2.45) is 0 Å². The van der Waals surface area contributed by atoms with Crippen molar-refractivity contribution in [3.63, 3.8) is 0 Å². The van der Waals surface area contributed by atoms with E-state index in [0.717, 1.165) is 11.1 Å². The third kappa shape index (κ3) is 7.26. The first-order chi connectivity index (χ1) is 20.9. The molecule has 1 fully saturated rings. The monoisotopic (exact) mass is 576 g/mol. The highest BCUT2D eigenvalue weighted by atomic mass is 16.4. The second-order valence-corrected chi connectivity index (χ2v) is 10.3. The summed E-state index contributed by atoms with van der Waals surface area (Å²) in [7, 11) is 0. The molecule has 9 nitrogen and oxygen atoms in total. The lowest BCUT2D eigenvalue weighted by Crippen LogP contribution is -2.52. The number of carbonyl (C=O) groups is 4. The molecule has 4 amide bonds. The second kappa shape index (κ2) is 13.5. The van der Waals surface area contributed by atoms with Crippen LogP contribution < -0.4 is 16.0 Å². The van der Waals surface area contributed by atoms with Crippen LogP contribution in [-0.4, -0.2) is 52.4 Å². The number of carboxylic acids is 1. The van der Waals surface area contributed by atoms with Gasteiger partial charge in [-0.25, -0.2) is 9.59 Å². The van der Waals surface area contributed by atoms with E-state index in [9.17, 15) is 24.3 Å². The summed E-state index contributed by atoms with van der Waals surface area (Å²) in [4.78, 5) is 52.5. The molecule has 4 aromatic rings. The van der Waals surface area contributed by atoms with Crippen molar-refractivity contribution < 1.29 is 24.3 Å². The van der Waals surface area contributed by atoms with Crippen molar-refractivity contribution in [2.75, 3.05) is 17.2 Å². The number of urea groups is 1. The SMILES string of the molecule is O=C(Nc1ccc(C[C@H](NC(=O)[C@@H]2CCCN2C(=O)Nc2ccccc2-c2ccccc2)C(=O)O)cc1)c1ccccc1. The summed E-state index contributed by atoms with van der Waals surface area (Å²) in [5.74, 6) is -1.94. The maximum atomic E-state index is 13.3. The number of carboxylic acid groups (broad SMARTS) is 1. The molecule has 0 aliphatic carbocycles. The molecule has 1 saturated heterocycles. The van der Waals surface area contributed by atoms with Crippen molar-refractivity contribution in [3.05, 3.63) is 120 Å². The summed E-state index contributed by atoms with van der Waals surface area (Å²) >= 11 is 0. The van der Waals surface area contributed by atoms with Crippen LogP contribution in [0.4, 0.5) is 16.2 Å². The predicted molar refractivity (Wildman–Crippen MR) is 165 cm³/mol. The predicted octanol–water partition coefficient (Wildman–Crippen LogP) is 5.41. The molecular formula is C34H32N4O5. The zero-order valence-electron chi connectivity index (χ0n) is 23.4. The van der Waals surface area contributed by atoms with Crippen molar-refractivity contribution in [2.45, 2.75) is 31.3 Å². The number of carbonyl (C=O) groups excluding carboxylic acids is 3. The average Bonchev–Trinajstić information content (AvgIpc) is 3.53. The molecule has 4 aromatic carbocycles. The van der Waals surface area contributed by atoms with Gasteiger partial charge in [-0.05, 0) is 54.3 Å². The number of aliphatic carboxylic acids is 1. The van der Waals surface area contributed by atoms with Gasteiger partial charge in [-0.2, -0.15) is 0 Å². The Labute approximate surface area is 249 Å². The molecule has 0 radical (unpaired) electrons. The maximum Gasteiger partial charge on any atom is 0.326 e. The fraction of sp³-hybridized carbons (Fsp3) is 0.176. The first-order valence-corrected chi connectivity index (χ1v) is 14.1. The topological polar surface area (TPSA) is 128 Å². The molecule has 1 aliphatic rings. The number of benzene rings is 4. The Balaban J connectivity index is 1.21. The van der Waals surface area contributed by atoms with Crippen LogP contribution >= 0.6 is 0 Å². The molecule has 0 saturated carbocycles. The van der Waals surface area contributed by atoms with Gasteiger partial charge in [0, 0.05) is 29.8 Å². The van der Waals surface area contributed by atoms with Crippen molar-refractivity contribution in [3.8, 4) is 11.1 Å². The molecule has 0 unspecified atom stereocenters. The van der Waals surface area contributed by atoms with E-state index in [2.05, 4.69) is 16.0 Å². The number of amides is 4. The lowest BCUT2D eigenvalue weighted by atomic mass is 10.0. The van der Waals surface area contributed by atoms with Crippen LogP contribution in [0.1, 0.15) is 28.8 Å². The molecule has 9 heteroatoms. The molecule has 1 aliphatic heterocycles. The normalized spacial score (nSPS) is 14.9. The maximum absolute atomic E-state index is 13.3. The summed E-state index contributed by atoms with van der Waals surface area (Å²) in [6.45, 7) is 0.380. The minimum Gasteiger partial charge on any atom is -0.480 e. The number of likely N-dealkylation sites (tertiary alicyclic amines) is 1. The van der Waals surface area contributed by atoms with E-state index in [0.29, 0.717) is 41.9 Å². The first kappa shape index (κ1) is 29.1. The van der Waals surface area contributed by atoms with Gasteiger partial charge in [-0.1, -0.05) is 78.9 Å². The van der Waals surface area contributed by atoms with Gasteiger partial charge in [0.25, 0.3) is 5.91 Å². The number of anilines is 2. The summed E-state index contributed by atoms with van der Waals surface area (Å²) in [5.41, 5.74) is 4.18. The number of nitrogens with one attached hydrogen (secondary N) is 3. The van der Waals surface area contributed by atoms with Crippen LogP contribution in [0.25, 0.3) is 11.1 Å². The van der Waals surface area contributed by atoms with Gasteiger partial charge in [-0.15, -0.1) is 0 Å². The summed E-state index contributed by atoms with van der Waals surface area (Å²) in [5, 5.41) is 18.3. The van der Waals surface area contributed by atoms with Gasteiger partial charge in [0.05, 0.1) is 5.69 Å². The van der Waals surface area contributed by atoms with Crippen molar-refractivity contribution >= 4 is 35.2 Å². The highest BCUT2D eigenvalue weighted by Crippen LogP contribution is 2.29. The van der Waals surface area contributed by atoms with Crippen LogP contribution in [0.2, 0.25) is 0 Å². The number of para-hydroxylation sites is 1. The van der Waals surface area contributed by atoms with Gasteiger partial charge in [-0.3, -0.25) is 9.59 Å².